The van der Waals surface area contributed by atoms with Crippen molar-refractivity contribution >= 4 is 29.1 Å². The molecular formula is C25H34ClN3O3. The monoisotopic (exact) mass is 459 g/mol. The number of nitrogens with one attached hydrogen (secondary N) is 2. The van der Waals surface area contributed by atoms with Crippen LogP contribution in [0, 0.1) is 23.7 Å². The van der Waals surface area contributed by atoms with Crippen LogP contribution in [0.2, 0.25) is 5.02 Å². The zero-order valence-corrected chi connectivity index (χ0v) is 19.7. The lowest BCUT2D eigenvalue weighted by Crippen LogP contribution is -2.62. The number of morpholine rings is 1. The second-order valence-corrected chi connectivity index (χ2v) is 11.2. The highest BCUT2D eigenvalue weighted by Crippen LogP contribution is 2.53. The molecule has 1 heterocycles. The Kier molecular flexibility index (Phi) is 5.97. The lowest BCUT2D eigenvalue weighted by atomic mass is 9.54. The first kappa shape index (κ1) is 22.2. The number of rotatable bonds is 5. The van der Waals surface area contributed by atoms with Gasteiger partial charge in [0, 0.05) is 19.1 Å². The molecule has 1 unspecified atom stereocenters. The van der Waals surface area contributed by atoms with E-state index in [-0.39, 0.29) is 11.8 Å². The number of ether oxygens (including phenoxy) is 1. The number of amides is 2. The molecule has 2 N–H and O–H groups in total. The molecule has 2 amide bonds. The van der Waals surface area contributed by atoms with Crippen LogP contribution in [0.5, 0.6) is 0 Å². The maximum Gasteiger partial charge on any atom is 0.250 e. The summed E-state index contributed by atoms with van der Waals surface area (Å²) in [4.78, 5) is 28.3. The molecule has 1 aliphatic heterocycles. The van der Waals surface area contributed by atoms with Gasteiger partial charge in [0.2, 0.25) is 5.91 Å². The van der Waals surface area contributed by atoms with E-state index in [0.29, 0.717) is 48.3 Å². The first-order valence-electron chi connectivity index (χ1n) is 12.0. The van der Waals surface area contributed by atoms with E-state index >= 15 is 0 Å². The third-order valence-corrected chi connectivity index (χ3v) is 8.69. The number of para-hydroxylation sites is 1. The van der Waals surface area contributed by atoms with Gasteiger partial charge in [-0.2, -0.15) is 0 Å². The molecule has 0 spiro atoms. The molecule has 0 aromatic heterocycles. The molecule has 6 nitrogen and oxygen atoms in total. The highest BCUT2D eigenvalue weighted by molar-refractivity contribution is 6.33. The third kappa shape index (κ3) is 4.17. The minimum atomic E-state index is -0.801. The third-order valence-electron chi connectivity index (χ3n) is 8.36. The van der Waals surface area contributed by atoms with Crippen molar-refractivity contribution < 1.29 is 14.3 Å². The summed E-state index contributed by atoms with van der Waals surface area (Å²) in [6, 6.07) is 7.51. The van der Waals surface area contributed by atoms with Gasteiger partial charge in [0.25, 0.3) is 5.91 Å². The van der Waals surface area contributed by atoms with Crippen molar-refractivity contribution in [1.29, 1.82) is 0 Å². The fourth-order valence-electron chi connectivity index (χ4n) is 6.72. The van der Waals surface area contributed by atoms with Crippen LogP contribution in [0.3, 0.4) is 0 Å². The van der Waals surface area contributed by atoms with E-state index in [2.05, 4.69) is 10.6 Å². The summed E-state index contributed by atoms with van der Waals surface area (Å²) in [5.41, 5.74) is -0.207. The average Bonchev–Trinajstić information content (AvgIpc) is 2.77. The van der Waals surface area contributed by atoms with Gasteiger partial charge in [-0.15, -0.1) is 0 Å². The summed E-state index contributed by atoms with van der Waals surface area (Å²) in [5, 5.41) is 6.82. The fourth-order valence-corrected chi connectivity index (χ4v) is 6.90. The molecule has 1 aromatic rings. The van der Waals surface area contributed by atoms with Crippen molar-refractivity contribution in [1.82, 2.24) is 10.2 Å². The summed E-state index contributed by atoms with van der Waals surface area (Å²) in [6.07, 6.45) is 5.93. The zero-order chi connectivity index (χ0) is 22.5. The smallest absolute Gasteiger partial charge is 0.250 e. The van der Waals surface area contributed by atoms with E-state index in [1.807, 2.05) is 30.9 Å². The SMILES string of the molecule is CC(C)(C(=O)Nc1ccccc1Cl)N1CCOC(C(=O)NC2C3CC4CC(C3)CC2C4)C1. The number of benzene rings is 1. The Morgan fingerprint density at radius 3 is 2.38 bits per heavy atom. The molecule has 1 aromatic carbocycles. The molecule has 1 saturated heterocycles. The van der Waals surface area contributed by atoms with E-state index in [9.17, 15) is 9.59 Å². The van der Waals surface area contributed by atoms with E-state index in [0.717, 1.165) is 11.8 Å². The molecule has 174 valence electrons. The molecule has 5 fully saturated rings. The fraction of sp³-hybridized carbons (Fsp3) is 0.680. The summed E-state index contributed by atoms with van der Waals surface area (Å²) in [7, 11) is 0. The number of carbonyl (C=O) groups is 2. The van der Waals surface area contributed by atoms with Gasteiger partial charge in [-0.3, -0.25) is 14.5 Å². The first-order chi connectivity index (χ1) is 15.3. The Balaban J connectivity index is 1.21. The maximum absolute atomic E-state index is 13.2. The number of hydrogen-bond donors (Lipinski definition) is 2. The molecule has 4 aliphatic carbocycles. The predicted octanol–water partition coefficient (Wildman–Crippen LogP) is 3.70. The van der Waals surface area contributed by atoms with Gasteiger partial charge in [-0.05, 0) is 81.8 Å². The van der Waals surface area contributed by atoms with E-state index in [1.165, 1.54) is 32.1 Å². The summed E-state index contributed by atoms with van der Waals surface area (Å²) >= 11 is 6.21. The lowest BCUT2D eigenvalue weighted by molar-refractivity contribution is -0.149. The van der Waals surface area contributed by atoms with Crippen molar-refractivity contribution in [2.75, 3.05) is 25.0 Å². The molecule has 1 atom stereocenters. The van der Waals surface area contributed by atoms with Crippen LogP contribution in [-0.4, -0.2) is 54.1 Å². The molecule has 7 heteroatoms. The molecule has 6 rings (SSSR count). The van der Waals surface area contributed by atoms with Gasteiger partial charge < -0.3 is 15.4 Å². The standard InChI is InChI=1S/C25H34ClN3O3/c1-25(2,24(31)27-20-6-4-3-5-19(20)26)29-7-8-32-21(14-29)23(30)28-22-17-10-15-9-16(12-17)13-18(22)11-15/h3-6,15-18,21-22H,7-14H2,1-2H3,(H,27,31)(H,28,30). The van der Waals surface area contributed by atoms with E-state index < -0.39 is 11.6 Å². The number of hydrogen-bond acceptors (Lipinski definition) is 4. The average molecular weight is 460 g/mol. The van der Waals surface area contributed by atoms with Crippen molar-refractivity contribution in [3.63, 3.8) is 0 Å². The van der Waals surface area contributed by atoms with E-state index in [1.54, 1.807) is 12.1 Å². The van der Waals surface area contributed by atoms with Crippen LogP contribution in [-0.2, 0) is 14.3 Å². The van der Waals surface area contributed by atoms with Crippen LogP contribution in [0.4, 0.5) is 5.69 Å². The largest absolute Gasteiger partial charge is 0.366 e. The van der Waals surface area contributed by atoms with Gasteiger partial charge in [-0.25, -0.2) is 0 Å². The molecule has 4 bridgehead atoms. The van der Waals surface area contributed by atoms with Gasteiger partial charge in [-0.1, -0.05) is 23.7 Å². The van der Waals surface area contributed by atoms with Crippen LogP contribution >= 0.6 is 11.6 Å². The predicted molar refractivity (Wildman–Crippen MR) is 124 cm³/mol. The second-order valence-electron chi connectivity index (χ2n) is 10.8. The van der Waals surface area contributed by atoms with Crippen LogP contribution in [0.1, 0.15) is 46.0 Å². The quantitative estimate of drug-likeness (QED) is 0.704. The summed E-state index contributed by atoms with van der Waals surface area (Å²) in [6.45, 7) is 5.21. The number of carbonyl (C=O) groups excluding carboxylic acids is 2. The van der Waals surface area contributed by atoms with Crippen molar-refractivity contribution in [3.8, 4) is 0 Å². The van der Waals surface area contributed by atoms with Crippen LogP contribution in [0.25, 0.3) is 0 Å². The zero-order valence-electron chi connectivity index (χ0n) is 19.0. The van der Waals surface area contributed by atoms with Crippen LogP contribution in [0.15, 0.2) is 24.3 Å². The normalized spacial score (nSPS) is 34.3. The summed E-state index contributed by atoms with van der Waals surface area (Å²) < 4.78 is 5.87. The lowest BCUT2D eigenvalue weighted by Gasteiger charge is -2.54. The number of anilines is 1. The first-order valence-corrected chi connectivity index (χ1v) is 12.4. The van der Waals surface area contributed by atoms with Crippen molar-refractivity contribution in [3.05, 3.63) is 29.3 Å². The second kappa shape index (κ2) is 8.62. The minimum absolute atomic E-state index is 0.0190. The Bertz CT molecular complexity index is 861. The van der Waals surface area contributed by atoms with Gasteiger partial charge in [0.05, 0.1) is 22.9 Å². The Morgan fingerprint density at radius 1 is 1.06 bits per heavy atom. The Labute approximate surface area is 195 Å². The highest BCUT2D eigenvalue weighted by atomic mass is 35.5. The van der Waals surface area contributed by atoms with E-state index in [4.69, 9.17) is 16.3 Å². The topological polar surface area (TPSA) is 70.7 Å². The molecular weight excluding hydrogens is 426 g/mol. The minimum Gasteiger partial charge on any atom is -0.366 e. The number of nitrogens with zero attached hydrogens (tertiary/aromatic N) is 1. The van der Waals surface area contributed by atoms with Crippen LogP contribution < -0.4 is 10.6 Å². The Hall–Kier alpha value is -1.63. The molecule has 0 radical (unpaired) electrons. The molecule has 4 saturated carbocycles. The molecule has 32 heavy (non-hydrogen) atoms. The van der Waals surface area contributed by atoms with Gasteiger partial charge in [0.1, 0.15) is 6.10 Å². The Morgan fingerprint density at radius 2 is 1.72 bits per heavy atom. The maximum atomic E-state index is 13.2. The van der Waals surface area contributed by atoms with Gasteiger partial charge >= 0.3 is 0 Å². The van der Waals surface area contributed by atoms with Crippen molar-refractivity contribution in [2.24, 2.45) is 23.7 Å². The number of halogens is 1. The summed E-state index contributed by atoms with van der Waals surface area (Å²) in [5.74, 6) is 2.86. The van der Waals surface area contributed by atoms with Gasteiger partial charge in [0.15, 0.2) is 0 Å². The van der Waals surface area contributed by atoms with Crippen molar-refractivity contribution in [2.45, 2.75) is 63.6 Å². The highest BCUT2D eigenvalue weighted by Gasteiger charge is 2.49. The molecule has 5 aliphatic rings.